The van der Waals surface area contributed by atoms with Gasteiger partial charge in [0, 0.05) is 74.6 Å². The third-order valence-electron chi connectivity index (χ3n) is 14.2. The molecule has 0 spiro atoms. The van der Waals surface area contributed by atoms with Gasteiger partial charge in [0.25, 0.3) is 0 Å². The SMILES string of the molecule is Cc1ccc(C(F)(F)F)cc1N1CCNCC1.Cc1ccc(C23CC2(C(=O)N2CCN(c4cc(C(F)(F)F)ccc4C)CC2)C3)cc1.Cc1ccc(C23CC2(C(=O)O)C3)cc1. The number of carbonyl (C=O) groups is 2. The van der Waals surface area contributed by atoms with Crippen molar-refractivity contribution in [3.05, 3.63) is 129 Å². The second-order valence-electron chi connectivity index (χ2n) is 18.1. The number of carboxylic acids is 1. The Morgan fingerprint density at radius 2 is 0.951 bits per heavy atom. The van der Waals surface area contributed by atoms with Crippen molar-refractivity contribution in [2.45, 2.75) is 76.6 Å². The summed E-state index contributed by atoms with van der Waals surface area (Å²) in [5.74, 6) is -0.387. The van der Waals surface area contributed by atoms with Crippen molar-refractivity contribution in [2.75, 3.05) is 62.2 Å². The van der Waals surface area contributed by atoms with E-state index in [1.165, 1.54) is 40.5 Å². The minimum atomic E-state index is -4.35. The molecule has 6 fully saturated rings. The number of nitrogens with zero attached hydrogens (tertiary/aromatic N) is 3. The molecule has 0 radical (unpaired) electrons. The van der Waals surface area contributed by atoms with Crippen LogP contribution in [0, 0.1) is 38.5 Å². The first-order valence-electron chi connectivity index (χ1n) is 21.0. The summed E-state index contributed by atoms with van der Waals surface area (Å²) in [6.45, 7) is 13.1. The van der Waals surface area contributed by atoms with E-state index in [4.69, 9.17) is 5.11 Å². The van der Waals surface area contributed by atoms with Gasteiger partial charge in [-0.1, -0.05) is 71.8 Å². The maximum absolute atomic E-state index is 13.2. The van der Waals surface area contributed by atoms with E-state index >= 15 is 0 Å². The standard InChI is InChI=1S/C24H25F3N2O.C12H15F3N2.C12H12O2/c1-16-3-6-18(7-4-16)22-14-23(22,15-22)21(30)29-11-9-28(10-12-29)20-13-19(24(25,26)27)8-5-17(20)2;1-9-2-3-10(12(13,14)15)8-11(9)17-6-4-16-5-7-17;1-8-2-4-9(5-3-8)11-6-12(11,7-11)10(13)14/h3-8,13H,9-12,14-15H2,1-2H3;2-3,8,16H,4-7H2,1H3;2-5H,6-7H2,1H3,(H,13,14). The third-order valence-corrected chi connectivity index (χ3v) is 14.2. The number of amides is 1. The molecule has 0 aromatic heterocycles. The van der Waals surface area contributed by atoms with Gasteiger partial charge in [-0.05, 0) is 99.9 Å². The fourth-order valence-corrected chi connectivity index (χ4v) is 9.81. The lowest BCUT2D eigenvalue weighted by Gasteiger charge is -2.37. The van der Waals surface area contributed by atoms with Crippen LogP contribution in [-0.2, 0) is 32.8 Å². The van der Waals surface area contributed by atoms with Gasteiger partial charge >= 0.3 is 18.3 Å². The Morgan fingerprint density at radius 3 is 1.34 bits per heavy atom. The molecule has 2 aliphatic heterocycles. The first kappa shape index (κ1) is 42.6. The number of rotatable bonds is 6. The van der Waals surface area contributed by atoms with Crippen LogP contribution >= 0.6 is 0 Å². The van der Waals surface area contributed by atoms with E-state index < -0.39 is 29.4 Å². The molecule has 13 heteroatoms. The molecule has 324 valence electrons. The van der Waals surface area contributed by atoms with Gasteiger partial charge in [0.1, 0.15) is 0 Å². The van der Waals surface area contributed by atoms with Gasteiger partial charge in [0.2, 0.25) is 5.91 Å². The summed E-state index contributed by atoms with van der Waals surface area (Å²) in [5.41, 5.74) is 6.20. The lowest BCUT2D eigenvalue weighted by molar-refractivity contribution is -0.141. The van der Waals surface area contributed by atoms with E-state index in [0.29, 0.717) is 37.6 Å². The maximum atomic E-state index is 13.2. The Hall–Kier alpha value is -5.04. The molecular formula is C48H52F6N4O3. The summed E-state index contributed by atoms with van der Waals surface area (Å²) in [4.78, 5) is 30.1. The average Bonchev–Trinajstić information content (AvgIpc) is 4.13. The molecule has 1 amide bonds. The molecule has 4 aromatic carbocycles. The van der Waals surface area contributed by atoms with Crippen molar-refractivity contribution in [2.24, 2.45) is 10.8 Å². The van der Waals surface area contributed by atoms with Crippen LogP contribution < -0.4 is 15.1 Å². The number of hydrogen-bond donors (Lipinski definition) is 2. The largest absolute Gasteiger partial charge is 0.481 e. The number of alkyl halides is 6. The van der Waals surface area contributed by atoms with Gasteiger partial charge in [-0.25, -0.2) is 0 Å². The van der Waals surface area contributed by atoms with Crippen molar-refractivity contribution < 1.29 is 41.0 Å². The highest BCUT2D eigenvalue weighted by Crippen LogP contribution is 2.87. The van der Waals surface area contributed by atoms with Crippen LogP contribution in [0.15, 0.2) is 84.9 Å². The lowest BCUT2D eigenvalue weighted by Crippen LogP contribution is -2.50. The number of aliphatic carboxylic acids is 1. The molecule has 2 saturated heterocycles. The van der Waals surface area contributed by atoms with Crippen LogP contribution in [0.2, 0.25) is 0 Å². The first-order valence-corrected chi connectivity index (χ1v) is 21.0. The number of hydrogen-bond acceptors (Lipinski definition) is 5. The zero-order chi connectivity index (χ0) is 43.8. The van der Waals surface area contributed by atoms with E-state index in [-0.39, 0.29) is 27.6 Å². The fraction of sp³-hybridized carbons (Fsp3) is 0.458. The minimum Gasteiger partial charge on any atom is -0.481 e. The Balaban J connectivity index is 0.000000139. The maximum Gasteiger partial charge on any atom is 0.416 e. The number of benzene rings is 4. The smallest absolute Gasteiger partial charge is 0.416 e. The molecule has 4 aromatic rings. The number of carbonyl (C=O) groups excluding carboxylic acids is 1. The predicted molar refractivity (Wildman–Crippen MR) is 223 cm³/mol. The molecule has 2 heterocycles. The van der Waals surface area contributed by atoms with Crippen molar-refractivity contribution in [3.8, 4) is 0 Å². The summed E-state index contributed by atoms with van der Waals surface area (Å²) >= 11 is 0. The molecular weight excluding hydrogens is 795 g/mol. The van der Waals surface area contributed by atoms with Gasteiger partial charge in [-0.2, -0.15) is 26.3 Å². The quantitative estimate of drug-likeness (QED) is 0.189. The van der Waals surface area contributed by atoms with Crippen LogP contribution in [0.1, 0.15) is 70.2 Å². The third kappa shape index (κ3) is 7.76. The number of anilines is 2. The van der Waals surface area contributed by atoms with Crippen LogP contribution in [0.25, 0.3) is 0 Å². The highest BCUT2D eigenvalue weighted by atomic mass is 19.4. The molecule has 61 heavy (non-hydrogen) atoms. The number of nitrogens with one attached hydrogen (secondary N) is 1. The molecule has 2 N–H and O–H groups in total. The summed E-state index contributed by atoms with van der Waals surface area (Å²) < 4.78 is 77.2. The van der Waals surface area contributed by atoms with Gasteiger partial charge in [0.15, 0.2) is 0 Å². The predicted octanol–water partition coefficient (Wildman–Crippen LogP) is 9.24. The fourth-order valence-electron chi connectivity index (χ4n) is 9.81. The van der Waals surface area contributed by atoms with Crippen LogP contribution in [0.5, 0.6) is 0 Å². The molecule has 10 rings (SSSR count). The number of halogens is 6. The lowest BCUT2D eigenvalue weighted by atomic mass is 10.0. The highest BCUT2D eigenvalue weighted by molar-refractivity contribution is 5.95. The molecule has 4 saturated carbocycles. The van der Waals surface area contributed by atoms with E-state index in [0.717, 1.165) is 75.1 Å². The number of aryl methyl sites for hydroxylation is 4. The van der Waals surface area contributed by atoms with Crippen molar-refractivity contribution in [3.63, 3.8) is 0 Å². The van der Waals surface area contributed by atoms with E-state index in [9.17, 15) is 35.9 Å². The van der Waals surface area contributed by atoms with E-state index in [2.05, 4.69) is 60.8 Å². The Labute approximate surface area is 352 Å². The van der Waals surface area contributed by atoms with Crippen molar-refractivity contribution >= 4 is 23.3 Å². The monoisotopic (exact) mass is 846 g/mol. The van der Waals surface area contributed by atoms with Gasteiger partial charge in [0.05, 0.1) is 22.0 Å². The van der Waals surface area contributed by atoms with Gasteiger partial charge in [-0.15, -0.1) is 0 Å². The van der Waals surface area contributed by atoms with E-state index in [1.54, 1.807) is 6.07 Å². The Morgan fingerprint density at radius 1 is 0.557 bits per heavy atom. The zero-order valence-electron chi connectivity index (χ0n) is 34.9. The van der Waals surface area contributed by atoms with Gasteiger partial charge < -0.3 is 25.1 Å². The van der Waals surface area contributed by atoms with Crippen LogP contribution in [0.4, 0.5) is 37.7 Å². The van der Waals surface area contributed by atoms with Gasteiger partial charge in [-0.3, -0.25) is 9.59 Å². The second kappa shape index (κ2) is 15.1. The molecule has 4 aliphatic carbocycles. The first-order chi connectivity index (χ1) is 28.8. The van der Waals surface area contributed by atoms with Crippen molar-refractivity contribution in [1.29, 1.82) is 0 Å². The number of carboxylic acid groups (broad SMARTS) is 1. The summed E-state index contributed by atoms with van der Waals surface area (Å²) in [5, 5.41) is 12.2. The molecule has 0 atom stereocenters. The Kier molecular flexibility index (Phi) is 10.6. The minimum absolute atomic E-state index is 0.0204. The molecule has 0 unspecified atom stereocenters. The van der Waals surface area contributed by atoms with Crippen LogP contribution in [0.3, 0.4) is 0 Å². The van der Waals surface area contributed by atoms with E-state index in [1.807, 2.05) is 35.5 Å². The second-order valence-corrected chi connectivity index (χ2v) is 18.1. The highest BCUT2D eigenvalue weighted by Gasteiger charge is 2.88. The summed E-state index contributed by atoms with van der Waals surface area (Å²) in [6, 6.07) is 24.6. The zero-order valence-corrected chi connectivity index (χ0v) is 34.9. The van der Waals surface area contributed by atoms with Crippen LogP contribution in [-0.4, -0.2) is 74.2 Å². The molecule has 6 aliphatic rings. The number of fused-ring (bicyclic) bond motifs is 2. The Bertz CT molecular complexity index is 2300. The van der Waals surface area contributed by atoms with Crippen molar-refractivity contribution in [1.82, 2.24) is 10.2 Å². The summed E-state index contributed by atoms with van der Waals surface area (Å²) in [6.07, 6.45) is -5.08. The average molecular weight is 847 g/mol. The topological polar surface area (TPSA) is 76.1 Å². The normalized spacial score (nSPS) is 27.0. The molecule has 0 bridgehead atoms. The number of piperazine rings is 2. The summed E-state index contributed by atoms with van der Waals surface area (Å²) in [7, 11) is 0. The molecule has 7 nitrogen and oxygen atoms in total.